The van der Waals surface area contributed by atoms with Crippen LogP contribution in [-0.2, 0) is 11.8 Å². The number of rotatable bonds is 0. The molecule has 10 rings (SSSR count). The molecule has 4 heterocycles. The zero-order valence-corrected chi connectivity index (χ0v) is 21.5. The number of aromatic nitrogens is 2. The lowest BCUT2D eigenvalue weighted by Crippen LogP contribution is -2.54. The van der Waals surface area contributed by atoms with Crippen molar-refractivity contribution >= 4 is 62.1 Å². The second-order valence-electron chi connectivity index (χ2n) is 12.0. The number of hydrogen-bond acceptors (Lipinski definition) is 0. The zero-order chi connectivity index (χ0) is 24.9. The quantitative estimate of drug-likeness (QED) is 0.212. The van der Waals surface area contributed by atoms with E-state index in [0.29, 0.717) is 0 Å². The van der Waals surface area contributed by atoms with Crippen LogP contribution in [0.2, 0.25) is 0 Å². The van der Waals surface area contributed by atoms with Crippen LogP contribution in [0.1, 0.15) is 42.7 Å². The van der Waals surface area contributed by atoms with Crippen molar-refractivity contribution in [1.29, 1.82) is 0 Å². The van der Waals surface area contributed by atoms with Gasteiger partial charge in [-0.05, 0) is 59.2 Å². The molecule has 0 N–H and O–H groups in total. The summed E-state index contributed by atoms with van der Waals surface area (Å²) in [6, 6.07) is 30.0. The van der Waals surface area contributed by atoms with E-state index in [9.17, 15) is 0 Å². The van der Waals surface area contributed by atoms with Gasteiger partial charge in [0.25, 0.3) is 0 Å². The first-order chi connectivity index (χ1) is 18.7. The summed E-state index contributed by atoms with van der Waals surface area (Å²) in [6.07, 6.45) is 6.96. The molecule has 2 aromatic heterocycles. The summed E-state index contributed by atoms with van der Waals surface area (Å²) in [4.78, 5) is 0. The van der Waals surface area contributed by atoms with Crippen molar-refractivity contribution in [3.8, 4) is 5.69 Å². The topological polar surface area (TPSA) is 9.86 Å². The van der Waals surface area contributed by atoms with Crippen LogP contribution in [-0.4, -0.2) is 15.8 Å². The lowest BCUT2D eigenvalue weighted by atomic mass is 9.31. The van der Waals surface area contributed by atoms with Gasteiger partial charge in [-0.3, -0.25) is 0 Å². The van der Waals surface area contributed by atoms with Crippen LogP contribution in [0, 0.1) is 0 Å². The van der Waals surface area contributed by atoms with Gasteiger partial charge in [-0.25, -0.2) is 0 Å². The molecular formula is C35H25BN2. The highest BCUT2D eigenvalue weighted by Crippen LogP contribution is 2.53. The van der Waals surface area contributed by atoms with Crippen LogP contribution in [0.25, 0.3) is 50.2 Å². The molecule has 0 radical (unpaired) electrons. The summed E-state index contributed by atoms with van der Waals surface area (Å²) >= 11 is 0. The molecule has 0 atom stereocenters. The molecule has 4 aromatic carbocycles. The van der Waals surface area contributed by atoms with Crippen LogP contribution in [0.4, 0.5) is 0 Å². The molecule has 2 nitrogen and oxygen atoms in total. The largest absolute Gasteiger partial charge is 0.311 e. The maximum atomic E-state index is 2.64. The molecule has 0 fully saturated rings. The third-order valence-corrected chi connectivity index (χ3v) is 9.98. The van der Waals surface area contributed by atoms with Crippen LogP contribution in [0.3, 0.4) is 0 Å². The maximum absolute atomic E-state index is 2.64. The zero-order valence-electron chi connectivity index (χ0n) is 21.5. The molecule has 0 unspecified atom stereocenters. The van der Waals surface area contributed by atoms with E-state index in [1.54, 1.807) is 5.47 Å². The van der Waals surface area contributed by atoms with Crippen LogP contribution in [0.15, 0.2) is 90.4 Å². The lowest BCUT2D eigenvalue weighted by molar-refractivity contribution is 0.665. The number of benzene rings is 4. The van der Waals surface area contributed by atoms with Crippen molar-refractivity contribution in [2.24, 2.45) is 0 Å². The van der Waals surface area contributed by atoms with Gasteiger partial charge in [-0.1, -0.05) is 86.1 Å². The number of aryl methyl sites for hydroxylation is 1. The Hall–Kier alpha value is -4.24. The first-order valence-electron chi connectivity index (χ1n) is 13.9. The van der Waals surface area contributed by atoms with E-state index in [1.165, 1.54) is 77.4 Å². The smallest absolute Gasteiger partial charge is 0.248 e. The third kappa shape index (κ3) is 1.96. The van der Waals surface area contributed by atoms with Crippen molar-refractivity contribution in [3.63, 3.8) is 0 Å². The first-order valence-corrected chi connectivity index (χ1v) is 13.9. The number of nitrogens with zero attached hydrogens (tertiary/aromatic N) is 2. The van der Waals surface area contributed by atoms with E-state index in [0.717, 1.165) is 12.8 Å². The van der Waals surface area contributed by atoms with E-state index in [-0.39, 0.29) is 12.1 Å². The van der Waals surface area contributed by atoms with Gasteiger partial charge in [-0.15, -0.1) is 0 Å². The van der Waals surface area contributed by atoms with Crippen molar-refractivity contribution in [1.82, 2.24) is 9.13 Å². The summed E-state index contributed by atoms with van der Waals surface area (Å²) in [6.45, 7) is 5.14. The highest BCUT2D eigenvalue weighted by atomic mass is 15.0. The highest BCUT2D eigenvalue weighted by molar-refractivity contribution is 6.96. The Balaban J connectivity index is 1.54. The van der Waals surface area contributed by atoms with Gasteiger partial charge in [0, 0.05) is 44.2 Å². The fraction of sp³-hybridized carbons (Fsp3) is 0.143. The molecule has 38 heavy (non-hydrogen) atoms. The maximum Gasteiger partial charge on any atom is 0.248 e. The molecule has 0 bridgehead atoms. The summed E-state index contributed by atoms with van der Waals surface area (Å²) in [5.74, 6) is 0. The average Bonchev–Trinajstić information content (AvgIpc) is 3.55. The van der Waals surface area contributed by atoms with Crippen molar-refractivity contribution in [2.45, 2.75) is 32.1 Å². The Morgan fingerprint density at radius 1 is 0.789 bits per heavy atom. The Labute approximate surface area is 221 Å². The predicted octanol–water partition coefficient (Wildman–Crippen LogP) is 6.72. The minimum Gasteiger partial charge on any atom is -0.311 e. The minimum absolute atomic E-state index is 0.0739. The standard InChI is InChI=1S/C35H25BN2/c1-35(2)25-14-6-3-13-22(25)33-34(35)36-26-15-7-10-18-29(26)37-27-16-8-4-11-20(27)23-19-24-21-12-5-9-17-28(21)38(33)32(24)30(36)31(23)37/h3,5-10,12-19H,4,11H2,1-2H3. The summed E-state index contributed by atoms with van der Waals surface area (Å²) in [7, 11) is 0. The fourth-order valence-electron chi connectivity index (χ4n) is 8.58. The summed E-state index contributed by atoms with van der Waals surface area (Å²) < 4.78 is 5.24. The van der Waals surface area contributed by atoms with E-state index < -0.39 is 0 Å². The van der Waals surface area contributed by atoms with Crippen LogP contribution < -0.4 is 10.9 Å². The van der Waals surface area contributed by atoms with Gasteiger partial charge in [0.15, 0.2) is 0 Å². The average molecular weight is 484 g/mol. The van der Waals surface area contributed by atoms with Gasteiger partial charge < -0.3 is 9.13 Å². The molecule has 0 saturated heterocycles. The molecule has 3 heteroatoms. The van der Waals surface area contributed by atoms with E-state index in [2.05, 4.69) is 114 Å². The second kappa shape index (κ2) is 6.24. The number of fused-ring (bicyclic) bond motifs is 13. The molecule has 2 aliphatic carbocycles. The molecular weight excluding hydrogens is 459 g/mol. The second-order valence-corrected chi connectivity index (χ2v) is 12.0. The number of allylic oxidation sites excluding steroid dienone is 2. The van der Waals surface area contributed by atoms with Gasteiger partial charge >= 0.3 is 0 Å². The molecule has 178 valence electrons. The summed E-state index contributed by atoms with van der Waals surface area (Å²) in [5, 5.41) is 4.21. The molecule has 2 aliphatic heterocycles. The summed E-state index contributed by atoms with van der Waals surface area (Å²) in [5.41, 5.74) is 17.1. The SMILES string of the molecule is CC1(C)C2=C(c3ccccc31)n1c3ccccc3c3cc4c5c(n6c4c(c31)B2c1ccccc1-6)C=CCC5. The Bertz CT molecular complexity index is 2160. The van der Waals surface area contributed by atoms with Crippen LogP contribution in [0.5, 0.6) is 0 Å². The monoisotopic (exact) mass is 484 g/mol. The fourth-order valence-corrected chi connectivity index (χ4v) is 8.58. The van der Waals surface area contributed by atoms with Gasteiger partial charge in [0.1, 0.15) is 0 Å². The Kier molecular flexibility index (Phi) is 3.26. The van der Waals surface area contributed by atoms with Crippen molar-refractivity contribution in [3.05, 3.63) is 113 Å². The van der Waals surface area contributed by atoms with Crippen LogP contribution >= 0.6 is 0 Å². The molecule has 6 aromatic rings. The number of para-hydroxylation sites is 2. The Morgan fingerprint density at radius 3 is 2.53 bits per heavy atom. The minimum atomic E-state index is -0.0739. The van der Waals surface area contributed by atoms with Gasteiger partial charge in [-0.2, -0.15) is 0 Å². The Morgan fingerprint density at radius 2 is 1.58 bits per heavy atom. The predicted molar refractivity (Wildman–Crippen MR) is 160 cm³/mol. The van der Waals surface area contributed by atoms with Crippen molar-refractivity contribution in [2.75, 3.05) is 0 Å². The van der Waals surface area contributed by atoms with E-state index in [4.69, 9.17) is 0 Å². The van der Waals surface area contributed by atoms with E-state index in [1.807, 2.05) is 0 Å². The van der Waals surface area contributed by atoms with Gasteiger partial charge in [0.05, 0.1) is 16.6 Å². The van der Waals surface area contributed by atoms with Crippen molar-refractivity contribution < 1.29 is 0 Å². The molecule has 4 aliphatic rings. The third-order valence-electron chi connectivity index (χ3n) is 9.98. The molecule has 0 spiro atoms. The highest BCUT2D eigenvalue weighted by Gasteiger charge is 2.51. The first kappa shape index (κ1) is 19.8. The normalized spacial score (nSPS) is 17.5. The molecule has 0 saturated carbocycles. The lowest BCUT2D eigenvalue weighted by Gasteiger charge is -2.37. The molecule has 0 amide bonds. The van der Waals surface area contributed by atoms with Gasteiger partial charge in [0.2, 0.25) is 6.71 Å². The number of hydrogen-bond donors (Lipinski definition) is 0. The van der Waals surface area contributed by atoms with E-state index >= 15 is 0 Å².